The summed E-state index contributed by atoms with van der Waals surface area (Å²) in [5.74, 6) is 0.429. The third kappa shape index (κ3) is 6.89. The van der Waals surface area contributed by atoms with Gasteiger partial charge in [0.1, 0.15) is 0 Å². The molecule has 0 atom stereocenters. The van der Waals surface area contributed by atoms with Crippen LogP contribution in [-0.4, -0.2) is 12.6 Å². The molecule has 0 N–H and O–H groups in total. The molecule has 0 spiro atoms. The largest absolute Gasteiger partial charge is 0.462 e. The minimum atomic E-state index is -0.241. The highest BCUT2D eigenvalue weighted by Gasteiger charge is 1.98. The smallest absolute Gasteiger partial charge is 0.330 e. The Labute approximate surface area is 110 Å². The number of hydrogen-bond acceptors (Lipinski definition) is 2. The number of ether oxygens (including phenoxy) is 1. The number of rotatable bonds is 7. The maximum atomic E-state index is 11.4. The van der Waals surface area contributed by atoms with Gasteiger partial charge in [-0.05, 0) is 24.3 Å². The summed E-state index contributed by atoms with van der Waals surface area (Å²) in [5.41, 5.74) is 1.19. The number of benzene rings is 1. The summed E-state index contributed by atoms with van der Waals surface area (Å²) in [4.78, 5) is 11.4. The fourth-order valence-corrected chi connectivity index (χ4v) is 1.57. The first-order valence-electron chi connectivity index (χ1n) is 6.55. The Morgan fingerprint density at radius 1 is 1.28 bits per heavy atom. The predicted molar refractivity (Wildman–Crippen MR) is 74.3 cm³/mol. The second kappa shape index (κ2) is 8.51. The Hall–Kier alpha value is -1.57. The van der Waals surface area contributed by atoms with E-state index in [1.165, 1.54) is 11.6 Å². The van der Waals surface area contributed by atoms with Gasteiger partial charge in [0.05, 0.1) is 6.61 Å². The number of carbonyl (C=O) groups excluding carboxylic acids is 1. The van der Waals surface area contributed by atoms with Crippen LogP contribution in [0, 0.1) is 5.92 Å². The Kier molecular flexibility index (Phi) is 6.85. The van der Waals surface area contributed by atoms with Crippen LogP contribution in [0.5, 0.6) is 0 Å². The molecule has 0 bridgehead atoms. The summed E-state index contributed by atoms with van der Waals surface area (Å²) in [6.07, 6.45) is 6.24. The minimum absolute atomic E-state index is 0.241. The van der Waals surface area contributed by atoms with Gasteiger partial charge in [-0.2, -0.15) is 0 Å². The molecule has 0 fully saturated rings. The van der Waals surface area contributed by atoms with Crippen LogP contribution < -0.4 is 0 Å². The van der Waals surface area contributed by atoms with Gasteiger partial charge in [0.25, 0.3) is 0 Å². The van der Waals surface area contributed by atoms with E-state index < -0.39 is 0 Å². The molecule has 0 aliphatic heterocycles. The van der Waals surface area contributed by atoms with Gasteiger partial charge >= 0.3 is 5.97 Å². The molecule has 2 heteroatoms. The Morgan fingerprint density at radius 3 is 2.67 bits per heavy atom. The van der Waals surface area contributed by atoms with Crippen LogP contribution in [0.25, 0.3) is 0 Å². The molecule has 0 aliphatic carbocycles. The fourth-order valence-electron chi connectivity index (χ4n) is 1.57. The molecule has 1 aromatic rings. The van der Waals surface area contributed by atoms with Crippen LogP contribution in [0.2, 0.25) is 0 Å². The number of carbonyl (C=O) groups is 1. The third-order valence-corrected chi connectivity index (χ3v) is 2.64. The third-order valence-electron chi connectivity index (χ3n) is 2.64. The van der Waals surface area contributed by atoms with Crippen molar-refractivity contribution >= 4 is 5.97 Å². The van der Waals surface area contributed by atoms with Crippen LogP contribution in [0.4, 0.5) is 0 Å². The lowest BCUT2D eigenvalue weighted by Gasteiger charge is -2.02. The second-order valence-electron chi connectivity index (χ2n) is 4.78. The van der Waals surface area contributed by atoms with Gasteiger partial charge in [-0.15, -0.1) is 0 Å². The first kappa shape index (κ1) is 14.5. The van der Waals surface area contributed by atoms with Crippen LogP contribution >= 0.6 is 0 Å². The summed E-state index contributed by atoms with van der Waals surface area (Å²) in [6.45, 7) is 4.79. The van der Waals surface area contributed by atoms with Crippen LogP contribution in [0.3, 0.4) is 0 Å². The topological polar surface area (TPSA) is 26.3 Å². The van der Waals surface area contributed by atoms with Gasteiger partial charge in [0.2, 0.25) is 0 Å². The fraction of sp³-hybridized carbons (Fsp3) is 0.438. The summed E-state index contributed by atoms with van der Waals surface area (Å²) < 4.78 is 5.13. The zero-order valence-electron chi connectivity index (χ0n) is 11.3. The molecule has 0 unspecified atom stereocenters. The van der Waals surface area contributed by atoms with E-state index in [-0.39, 0.29) is 5.97 Å². The van der Waals surface area contributed by atoms with E-state index in [0.717, 1.165) is 19.3 Å². The first-order valence-corrected chi connectivity index (χ1v) is 6.55. The predicted octanol–water partition coefficient (Wildman–Crippen LogP) is 3.76. The molecular formula is C16H22O2. The summed E-state index contributed by atoms with van der Waals surface area (Å²) in [7, 11) is 0. The average molecular weight is 246 g/mol. The van der Waals surface area contributed by atoms with E-state index in [9.17, 15) is 4.79 Å². The van der Waals surface area contributed by atoms with E-state index in [0.29, 0.717) is 12.5 Å². The molecule has 0 saturated heterocycles. The van der Waals surface area contributed by atoms with Crippen molar-refractivity contribution in [1.82, 2.24) is 0 Å². The van der Waals surface area contributed by atoms with Gasteiger partial charge < -0.3 is 4.74 Å². The Bertz CT molecular complexity index is 366. The molecule has 1 rings (SSSR count). The van der Waals surface area contributed by atoms with Gasteiger partial charge in [0.15, 0.2) is 0 Å². The van der Waals surface area contributed by atoms with Gasteiger partial charge in [-0.1, -0.05) is 50.3 Å². The van der Waals surface area contributed by atoms with Crippen LogP contribution in [0.15, 0.2) is 42.5 Å². The molecule has 0 aromatic heterocycles. The SMILES string of the molecule is CC(C)CC/C=C/C(=O)OCCc1ccccc1. The van der Waals surface area contributed by atoms with Crippen LogP contribution in [0.1, 0.15) is 32.3 Å². The molecule has 0 aliphatic rings. The normalized spacial score (nSPS) is 11.1. The van der Waals surface area contributed by atoms with Gasteiger partial charge in [-0.3, -0.25) is 0 Å². The number of esters is 1. The molecule has 0 amide bonds. The van der Waals surface area contributed by atoms with Crippen molar-refractivity contribution in [3.8, 4) is 0 Å². The summed E-state index contributed by atoms with van der Waals surface area (Å²) in [6, 6.07) is 10.0. The van der Waals surface area contributed by atoms with E-state index in [2.05, 4.69) is 13.8 Å². The second-order valence-corrected chi connectivity index (χ2v) is 4.78. The van der Waals surface area contributed by atoms with E-state index in [4.69, 9.17) is 4.74 Å². The zero-order valence-corrected chi connectivity index (χ0v) is 11.3. The lowest BCUT2D eigenvalue weighted by Crippen LogP contribution is -2.04. The average Bonchev–Trinajstić information content (AvgIpc) is 2.36. The van der Waals surface area contributed by atoms with E-state index in [1.54, 1.807) is 0 Å². The van der Waals surface area contributed by atoms with Crippen molar-refractivity contribution in [2.45, 2.75) is 33.1 Å². The highest BCUT2D eigenvalue weighted by atomic mass is 16.5. The Balaban J connectivity index is 2.14. The quantitative estimate of drug-likeness (QED) is 0.541. The van der Waals surface area contributed by atoms with Crippen molar-refractivity contribution in [2.75, 3.05) is 6.61 Å². The molecule has 98 valence electrons. The monoisotopic (exact) mass is 246 g/mol. The summed E-state index contributed by atoms with van der Waals surface area (Å²) >= 11 is 0. The molecule has 18 heavy (non-hydrogen) atoms. The minimum Gasteiger partial charge on any atom is -0.462 e. The van der Waals surface area contributed by atoms with Crippen molar-refractivity contribution in [2.24, 2.45) is 5.92 Å². The molecular weight excluding hydrogens is 224 g/mol. The molecule has 0 saturated carbocycles. The highest BCUT2D eigenvalue weighted by molar-refractivity contribution is 5.81. The molecule has 2 nitrogen and oxygen atoms in total. The number of allylic oxidation sites excluding steroid dienone is 1. The molecule has 1 aromatic carbocycles. The molecule has 0 heterocycles. The van der Waals surface area contributed by atoms with Crippen LogP contribution in [-0.2, 0) is 16.0 Å². The first-order chi connectivity index (χ1) is 8.68. The van der Waals surface area contributed by atoms with Crippen molar-refractivity contribution in [3.63, 3.8) is 0 Å². The van der Waals surface area contributed by atoms with E-state index >= 15 is 0 Å². The maximum absolute atomic E-state index is 11.4. The Morgan fingerprint density at radius 2 is 2.00 bits per heavy atom. The zero-order chi connectivity index (χ0) is 13.2. The van der Waals surface area contributed by atoms with Gasteiger partial charge in [-0.25, -0.2) is 4.79 Å². The van der Waals surface area contributed by atoms with Crippen molar-refractivity contribution < 1.29 is 9.53 Å². The molecule has 0 radical (unpaired) electrons. The van der Waals surface area contributed by atoms with Crippen molar-refractivity contribution in [3.05, 3.63) is 48.0 Å². The van der Waals surface area contributed by atoms with E-state index in [1.807, 2.05) is 36.4 Å². The highest BCUT2D eigenvalue weighted by Crippen LogP contribution is 2.04. The lowest BCUT2D eigenvalue weighted by atomic mass is 10.1. The lowest BCUT2D eigenvalue weighted by molar-refractivity contribution is -0.137. The standard InChI is InChI=1S/C16H22O2/c1-14(2)8-6-7-11-16(17)18-13-12-15-9-4-3-5-10-15/h3-5,7,9-11,14H,6,8,12-13H2,1-2H3/b11-7+. The number of hydrogen-bond donors (Lipinski definition) is 0. The summed E-state index contributed by atoms with van der Waals surface area (Å²) in [5, 5.41) is 0. The maximum Gasteiger partial charge on any atom is 0.330 e. The van der Waals surface area contributed by atoms with Crippen molar-refractivity contribution in [1.29, 1.82) is 0 Å². The van der Waals surface area contributed by atoms with Gasteiger partial charge in [0, 0.05) is 12.5 Å².